The van der Waals surface area contributed by atoms with Crippen LogP contribution in [0.15, 0.2) is 67.1 Å². The molecule has 2 aromatic carbocycles. The monoisotopic (exact) mass is 615 g/mol. The summed E-state index contributed by atoms with van der Waals surface area (Å²) in [5, 5.41) is 5.07. The molecule has 0 spiro atoms. The van der Waals surface area contributed by atoms with Crippen LogP contribution in [0, 0.1) is 5.82 Å². The molecule has 5 rings (SSSR count). The predicted molar refractivity (Wildman–Crippen MR) is 168 cm³/mol. The van der Waals surface area contributed by atoms with Gasteiger partial charge in [-0.3, -0.25) is 9.97 Å². The van der Waals surface area contributed by atoms with Crippen LogP contribution >= 0.6 is 0 Å². The van der Waals surface area contributed by atoms with Crippen LogP contribution in [-0.2, 0) is 4.74 Å². The molecule has 0 aliphatic rings. The summed E-state index contributed by atoms with van der Waals surface area (Å²) in [4.78, 5) is 26.0. The molecule has 0 saturated heterocycles. The van der Waals surface area contributed by atoms with Crippen molar-refractivity contribution in [1.29, 1.82) is 0 Å². The highest BCUT2D eigenvalue weighted by atomic mass is 19.1. The van der Waals surface area contributed by atoms with Crippen LogP contribution in [0.1, 0.15) is 20.8 Å². The molecule has 0 aliphatic carbocycles. The van der Waals surface area contributed by atoms with E-state index in [1.807, 2.05) is 32.9 Å². The van der Waals surface area contributed by atoms with Crippen molar-refractivity contribution in [2.75, 3.05) is 33.2 Å². The zero-order chi connectivity index (χ0) is 32.1. The molecule has 0 bridgehead atoms. The van der Waals surface area contributed by atoms with Gasteiger partial charge in [0.15, 0.2) is 17.6 Å². The van der Waals surface area contributed by atoms with Gasteiger partial charge in [-0.25, -0.2) is 14.2 Å². The van der Waals surface area contributed by atoms with E-state index in [-0.39, 0.29) is 13.2 Å². The largest absolute Gasteiger partial charge is 0.493 e. The van der Waals surface area contributed by atoms with Gasteiger partial charge >= 0.3 is 6.09 Å². The number of nitrogens with two attached hydrogens (primary N) is 1. The van der Waals surface area contributed by atoms with E-state index >= 15 is 0 Å². The lowest BCUT2D eigenvalue weighted by Gasteiger charge is -2.24. The van der Waals surface area contributed by atoms with E-state index in [0.29, 0.717) is 51.0 Å². The third-order valence-electron chi connectivity index (χ3n) is 6.64. The molecule has 0 fully saturated rings. The number of halogens is 1. The van der Waals surface area contributed by atoms with Crippen LogP contribution in [0.2, 0.25) is 0 Å². The SMILES string of the molecule is COc1cc2ncc3c(N)nc(-c4cncc(OC[C@@H](COc5cccc(F)c5)OC(=O)NC(C)(C)C)c4)cc3c2cc1OC. The fourth-order valence-corrected chi connectivity index (χ4v) is 4.58. The number of amides is 1. The molecule has 234 valence electrons. The number of alkyl carbamates (subject to hydrolysis) is 1. The van der Waals surface area contributed by atoms with Gasteiger partial charge in [0.1, 0.15) is 36.3 Å². The Balaban J connectivity index is 1.40. The first-order valence-corrected chi connectivity index (χ1v) is 14.1. The number of benzene rings is 2. The minimum Gasteiger partial charge on any atom is -0.493 e. The van der Waals surface area contributed by atoms with E-state index in [0.717, 1.165) is 10.8 Å². The molecule has 0 radical (unpaired) electrons. The van der Waals surface area contributed by atoms with Crippen molar-refractivity contribution in [1.82, 2.24) is 20.3 Å². The molecule has 3 heterocycles. The Morgan fingerprint density at radius 2 is 1.64 bits per heavy atom. The number of anilines is 1. The lowest BCUT2D eigenvalue weighted by molar-refractivity contribution is 0.0322. The summed E-state index contributed by atoms with van der Waals surface area (Å²) in [5.41, 5.74) is 7.77. The van der Waals surface area contributed by atoms with Crippen LogP contribution in [0.25, 0.3) is 32.9 Å². The Bertz CT molecular complexity index is 1850. The zero-order valence-electron chi connectivity index (χ0n) is 25.6. The minimum atomic E-state index is -0.834. The lowest BCUT2D eigenvalue weighted by atomic mass is 10.0. The fourth-order valence-electron chi connectivity index (χ4n) is 4.58. The first-order valence-electron chi connectivity index (χ1n) is 14.1. The molecule has 0 aliphatic heterocycles. The van der Waals surface area contributed by atoms with Gasteiger partial charge in [-0.2, -0.15) is 0 Å². The van der Waals surface area contributed by atoms with E-state index in [1.54, 1.807) is 44.8 Å². The molecule has 3 aromatic heterocycles. The molecule has 45 heavy (non-hydrogen) atoms. The van der Waals surface area contributed by atoms with Crippen molar-refractivity contribution in [3.63, 3.8) is 0 Å². The van der Waals surface area contributed by atoms with Gasteiger partial charge in [-0.05, 0) is 56.5 Å². The second-order valence-electron chi connectivity index (χ2n) is 11.2. The number of nitrogens with zero attached hydrogens (tertiary/aromatic N) is 3. The van der Waals surface area contributed by atoms with Gasteiger partial charge in [0.05, 0.1) is 31.6 Å². The van der Waals surface area contributed by atoms with Crippen molar-refractivity contribution in [3.05, 3.63) is 72.9 Å². The van der Waals surface area contributed by atoms with Crippen molar-refractivity contribution in [2.24, 2.45) is 0 Å². The maximum Gasteiger partial charge on any atom is 0.408 e. The van der Waals surface area contributed by atoms with Gasteiger partial charge in [0.25, 0.3) is 0 Å². The highest BCUT2D eigenvalue weighted by molar-refractivity contribution is 6.10. The van der Waals surface area contributed by atoms with Crippen LogP contribution in [-0.4, -0.2) is 60.1 Å². The van der Waals surface area contributed by atoms with Crippen molar-refractivity contribution >= 4 is 33.6 Å². The molecule has 1 amide bonds. The van der Waals surface area contributed by atoms with E-state index in [9.17, 15) is 9.18 Å². The van der Waals surface area contributed by atoms with Gasteiger partial charge < -0.3 is 34.7 Å². The molecule has 0 saturated carbocycles. The van der Waals surface area contributed by atoms with Crippen LogP contribution in [0.5, 0.6) is 23.0 Å². The Labute approximate surface area is 259 Å². The smallest absolute Gasteiger partial charge is 0.408 e. The summed E-state index contributed by atoms with van der Waals surface area (Å²) >= 11 is 0. The number of carbonyl (C=O) groups is 1. The second-order valence-corrected chi connectivity index (χ2v) is 11.2. The maximum absolute atomic E-state index is 13.7. The summed E-state index contributed by atoms with van der Waals surface area (Å²) in [6, 6.07) is 13.0. The van der Waals surface area contributed by atoms with Gasteiger partial charge in [0.2, 0.25) is 0 Å². The highest BCUT2D eigenvalue weighted by Crippen LogP contribution is 2.37. The molecule has 12 heteroatoms. The van der Waals surface area contributed by atoms with Crippen LogP contribution in [0.3, 0.4) is 0 Å². The van der Waals surface area contributed by atoms with Crippen molar-refractivity contribution < 1.29 is 32.9 Å². The van der Waals surface area contributed by atoms with Crippen LogP contribution in [0.4, 0.5) is 15.0 Å². The van der Waals surface area contributed by atoms with E-state index in [1.165, 1.54) is 24.4 Å². The zero-order valence-corrected chi connectivity index (χ0v) is 25.6. The molecular formula is C33H34FN5O6. The number of pyridine rings is 3. The first-order chi connectivity index (χ1) is 21.5. The highest BCUT2D eigenvalue weighted by Gasteiger charge is 2.21. The Morgan fingerprint density at radius 1 is 0.911 bits per heavy atom. The molecule has 0 unspecified atom stereocenters. The second kappa shape index (κ2) is 13.1. The van der Waals surface area contributed by atoms with Gasteiger partial charge in [0, 0.05) is 46.4 Å². The number of nitrogen functional groups attached to an aromatic ring is 1. The molecular weight excluding hydrogens is 581 g/mol. The Morgan fingerprint density at radius 3 is 2.36 bits per heavy atom. The van der Waals surface area contributed by atoms with Gasteiger partial charge in [-0.15, -0.1) is 0 Å². The topological polar surface area (TPSA) is 140 Å². The van der Waals surface area contributed by atoms with E-state index in [2.05, 4.69) is 20.3 Å². The average Bonchev–Trinajstić information content (AvgIpc) is 3.00. The summed E-state index contributed by atoms with van der Waals surface area (Å²) in [5.74, 6) is 1.67. The molecule has 11 nitrogen and oxygen atoms in total. The average molecular weight is 616 g/mol. The van der Waals surface area contributed by atoms with E-state index < -0.39 is 23.6 Å². The van der Waals surface area contributed by atoms with Crippen LogP contribution < -0.4 is 30.0 Å². The number of methoxy groups -OCH3 is 2. The molecule has 5 aromatic rings. The maximum atomic E-state index is 13.7. The minimum absolute atomic E-state index is 0.0662. The number of hydrogen-bond donors (Lipinski definition) is 2. The number of fused-ring (bicyclic) bond motifs is 3. The van der Waals surface area contributed by atoms with Crippen molar-refractivity contribution in [3.8, 4) is 34.3 Å². The summed E-state index contributed by atoms with van der Waals surface area (Å²) in [6.45, 7) is 5.36. The normalized spacial score (nSPS) is 12.0. The third kappa shape index (κ3) is 7.58. The predicted octanol–water partition coefficient (Wildman–Crippen LogP) is 5.93. The standard InChI is InChI=1S/C33H34FN5O6/c1-33(2,3)39-32(40)45-23(17-43-21-8-6-7-20(34)10-21)18-44-22-9-19(14-36-15-22)27-11-24-25-12-29(41-4)30(42-5)13-28(25)37-16-26(24)31(35)38-27/h6-16,23H,17-18H2,1-5H3,(H2,35,38)(H,39,40)/t23-/m1/s1. The Hall–Kier alpha value is -5.39. The molecule has 1 atom stereocenters. The first kappa shape index (κ1) is 31.0. The quantitative estimate of drug-likeness (QED) is 0.182. The number of nitrogens with one attached hydrogen (secondary N) is 1. The van der Waals surface area contributed by atoms with E-state index in [4.69, 9.17) is 29.4 Å². The summed E-state index contributed by atoms with van der Waals surface area (Å²) in [6.07, 6.45) is 3.38. The number of aromatic nitrogens is 3. The van der Waals surface area contributed by atoms with Crippen molar-refractivity contribution in [2.45, 2.75) is 32.4 Å². The third-order valence-corrected chi connectivity index (χ3v) is 6.64. The number of carbonyl (C=O) groups excluding carboxylic acids is 1. The summed E-state index contributed by atoms with van der Waals surface area (Å²) < 4.78 is 41.9. The Kier molecular flexibility index (Phi) is 9.03. The number of ether oxygens (including phenoxy) is 5. The number of rotatable bonds is 10. The number of hydrogen-bond acceptors (Lipinski definition) is 10. The van der Waals surface area contributed by atoms with Gasteiger partial charge in [-0.1, -0.05) is 6.07 Å². The summed E-state index contributed by atoms with van der Waals surface area (Å²) in [7, 11) is 3.14. The fraction of sp³-hybridized carbons (Fsp3) is 0.273. The lowest BCUT2D eigenvalue weighted by Crippen LogP contribution is -2.44. The molecule has 3 N–H and O–H groups in total.